The molecule has 3 nitrogen and oxygen atoms in total. The van der Waals surface area contributed by atoms with Crippen LogP contribution in [0.5, 0.6) is 0 Å². The first-order valence-electron chi connectivity index (χ1n) is 4.85. The van der Waals surface area contributed by atoms with Crippen LogP contribution in [0.2, 0.25) is 0 Å². The van der Waals surface area contributed by atoms with Crippen molar-refractivity contribution < 1.29 is 9.22 Å². The number of rotatable bonds is 4. The van der Waals surface area contributed by atoms with Crippen molar-refractivity contribution in [3.8, 4) is 0 Å². The molecule has 4 heteroatoms. The fourth-order valence-corrected chi connectivity index (χ4v) is 1.91. The number of hydrogen-bond donors (Lipinski definition) is 0. The maximum Gasteiger partial charge on any atom is 0.269 e. The first kappa shape index (κ1) is 11.9. The molecule has 1 rings (SSSR count). The number of carbonyl (C=O) groups excluding carboxylic acids is 1. The monoisotopic (exact) mass is 221 g/mol. The van der Waals surface area contributed by atoms with Crippen molar-refractivity contribution in [2.45, 2.75) is 6.92 Å². The number of benzene rings is 1. The molecular formula is C11H15NO2Si. The van der Waals surface area contributed by atoms with Crippen LogP contribution < -0.4 is 5.19 Å². The van der Waals surface area contributed by atoms with Crippen molar-refractivity contribution in [2.75, 3.05) is 20.7 Å². The molecule has 2 radical (unpaired) electrons. The van der Waals surface area contributed by atoms with Gasteiger partial charge in [0.2, 0.25) is 0 Å². The predicted molar refractivity (Wildman–Crippen MR) is 61.5 cm³/mol. The summed E-state index contributed by atoms with van der Waals surface area (Å²) >= 11 is 0. The van der Waals surface area contributed by atoms with Gasteiger partial charge in [-0.2, -0.15) is 0 Å². The van der Waals surface area contributed by atoms with E-state index in [1.54, 1.807) is 19.0 Å². The van der Waals surface area contributed by atoms with Crippen molar-refractivity contribution in [3.05, 3.63) is 29.8 Å². The molecule has 0 heterocycles. The molecule has 0 aliphatic carbocycles. The standard InChI is InChI=1S/C11H15NO2Si/c1-4-14-15-10-8-6-5-7-9(10)11(13)12(2)3/h5-8H,4H2,1-3H3. The summed E-state index contributed by atoms with van der Waals surface area (Å²) in [5.74, 6) is 0.0257. The van der Waals surface area contributed by atoms with E-state index < -0.39 is 0 Å². The van der Waals surface area contributed by atoms with Crippen molar-refractivity contribution in [2.24, 2.45) is 0 Å². The zero-order valence-corrected chi connectivity index (χ0v) is 10.3. The van der Waals surface area contributed by atoms with Gasteiger partial charge in [0.25, 0.3) is 15.7 Å². The van der Waals surface area contributed by atoms with Gasteiger partial charge in [0.1, 0.15) is 0 Å². The lowest BCUT2D eigenvalue weighted by atomic mass is 10.2. The summed E-state index contributed by atoms with van der Waals surface area (Å²) < 4.78 is 5.35. The van der Waals surface area contributed by atoms with Crippen LogP contribution in [-0.2, 0) is 4.43 Å². The minimum absolute atomic E-state index is 0.0257. The molecule has 0 saturated carbocycles. The number of amides is 1. The summed E-state index contributed by atoms with van der Waals surface area (Å²) in [4.78, 5) is 13.4. The quantitative estimate of drug-likeness (QED) is 0.699. The van der Waals surface area contributed by atoms with Gasteiger partial charge in [0.15, 0.2) is 0 Å². The molecule has 1 amide bonds. The van der Waals surface area contributed by atoms with Crippen LogP contribution in [0.3, 0.4) is 0 Å². The van der Waals surface area contributed by atoms with Crippen molar-refractivity contribution in [3.63, 3.8) is 0 Å². The normalized spacial score (nSPS) is 10.1. The molecule has 0 bridgehead atoms. The second-order valence-corrected chi connectivity index (χ2v) is 4.31. The van der Waals surface area contributed by atoms with Crippen LogP contribution in [0.25, 0.3) is 0 Å². The Hall–Kier alpha value is -1.13. The van der Waals surface area contributed by atoms with E-state index in [0.717, 1.165) is 10.8 Å². The molecule has 0 aromatic heterocycles. The van der Waals surface area contributed by atoms with Crippen LogP contribution >= 0.6 is 0 Å². The Morgan fingerprint density at radius 2 is 2.07 bits per heavy atom. The van der Waals surface area contributed by atoms with E-state index in [1.165, 1.54) is 0 Å². The molecule has 15 heavy (non-hydrogen) atoms. The van der Waals surface area contributed by atoms with Gasteiger partial charge in [-0.3, -0.25) is 4.79 Å². The lowest BCUT2D eigenvalue weighted by molar-refractivity contribution is 0.0828. The molecule has 0 aliphatic rings. The summed E-state index contributed by atoms with van der Waals surface area (Å²) in [5, 5.41) is 0.970. The van der Waals surface area contributed by atoms with Crippen molar-refractivity contribution >= 4 is 20.9 Å². The lowest BCUT2D eigenvalue weighted by Gasteiger charge is -2.13. The smallest absolute Gasteiger partial charge is 0.269 e. The largest absolute Gasteiger partial charge is 0.412 e. The van der Waals surface area contributed by atoms with Crippen molar-refractivity contribution in [1.29, 1.82) is 0 Å². The van der Waals surface area contributed by atoms with Gasteiger partial charge in [0.05, 0.1) is 0 Å². The molecule has 0 fully saturated rings. The van der Waals surface area contributed by atoms with Crippen LogP contribution in [0.15, 0.2) is 24.3 Å². The van der Waals surface area contributed by atoms with Crippen LogP contribution in [-0.4, -0.2) is 41.3 Å². The van der Waals surface area contributed by atoms with Gasteiger partial charge in [-0.25, -0.2) is 0 Å². The molecule has 0 unspecified atom stereocenters. The van der Waals surface area contributed by atoms with E-state index in [2.05, 4.69) is 0 Å². The SMILES string of the molecule is CCO[Si]c1ccccc1C(=O)N(C)C. The fourth-order valence-electron chi connectivity index (χ4n) is 1.15. The first-order valence-corrected chi connectivity index (χ1v) is 5.76. The number of hydrogen-bond acceptors (Lipinski definition) is 2. The summed E-state index contributed by atoms with van der Waals surface area (Å²) in [5.41, 5.74) is 0.731. The second-order valence-electron chi connectivity index (χ2n) is 3.28. The Balaban J connectivity index is 2.90. The van der Waals surface area contributed by atoms with E-state index in [1.807, 2.05) is 31.2 Å². The summed E-state index contributed by atoms with van der Waals surface area (Å²) in [6.07, 6.45) is 0. The minimum Gasteiger partial charge on any atom is -0.412 e. The highest BCUT2D eigenvalue weighted by Gasteiger charge is 2.13. The molecule has 0 aliphatic heterocycles. The van der Waals surface area contributed by atoms with E-state index in [0.29, 0.717) is 6.61 Å². The Kier molecular flexibility index (Phi) is 4.52. The second kappa shape index (κ2) is 5.68. The maximum atomic E-state index is 11.8. The zero-order chi connectivity index (χ0) is 11.3. The summed E-state index contributed by atoms with van der Waals surface area (Å²) in [6.45, 7) is 2.62. The first-order chi connectivity index (χ1) is 7.16. The van der Waals surface area contributed by atoms with E-state index >= 15 is 0 Å². The Morgan fingerprint density at radius 3 is 2.67 bits per heavy atom. The Bertz CT molecular complexity index is 339. The number of nitrogens with zero attached hydrogens (tertiary/aromatic N) is 1. The molecule has 0 spiro atoms. The highest BCUT2D eigenvalue weighted by molar-refractivity contribution is 6.49. The summed E-state index contributed by atoms with van der Waals surface area (Å²) in [6, 6.07) is 7.57. The highest BCUT2D eigenvalue weighted by atomic mass is 28.2. The topological polar surface area (TPSA) is 29.5 Å². The van der Waals surface area contributed by atoms with Crippen molar-refractivity contribution in [1.82, 2.24) is 4.90 Å². The van der Waals surface area contributed by atoms with E-state index in [4.69, 9.17) is 4.43 Å². The minimum atomic E-state index is 0.0257. The predicted octanol–water partition coefficient (Wildman–Crippen LogP) is 0.669. The van der Waals surface area contributed by atoms with Crippen LogP contribution in [0, 0.1) is 0 Å². The third-order valence-corrected chi connectivity index (χ3v) is 2.98. The molecule has 1 aromatic rings. The van der Waals surface area contributed by atoms with Gasteiger partial charge in [0, 0.05) is 26.3 Å². The maximum absolute atomic E-state index is 11.8. The summed E-state index contributed by atoms with van der Waals surface area (Å²) in [7, 11) is 3.75. The third-order valence-electron chi connectivity index (χ3n) is 1.89. The van der Waals surface area contributed by atoms with Gasteiger partial charge < -0.3 is 9.33 Å². The molecule has 0 N–H and O–H groups in total. The van der Waals surface area contributed by atoms with E-state index in [9.17, 15) is 4.79 Å². The molecule has 0 atom stereocenters. The fraction of sp³-hybridized carbons (Fsp3) is 0.364. The molecule has 80 valence electrons. The van der Waals surface area contributed by atoms with E-state index in [-0.39, 0.29) is 15.7 Å². The molecule has 1 aromatic carbocycles. The average Bonchev–Trinajstić information content (AvgIpc) is 2.25. The number of carbonyl (C=O) groups is 1. The Labute approximate surface area is 93.0 Å². The van der Waals surface area contributed by atoms with Gasteiger partial charge in [-0.05, 0) is 18.2 Å². The Morgan fingerprint density at radius 1 is 1.40 bits per heavy atom. The molecular weight excluding hydrogens is 206 g/mol. The van der Waals surface area contributed by atoms with Gasteiger partial charge in [-0.15, -0.1) is 0 Å². The third kappa shape index (κ3) is 3.18. The average molecular weight is 221 g/mol. The van der Waals surface area contributed by atoms with Crippen LogP contribution in [0.4, 0.5) is 0 Å². The lowest BCUT2D eigenvalue weighted by Crippen LogP contribution is -2.31. The van der Waals surface area contributed by atoms with Gasteiger partial charge in [-0.1, -0.05) is 18.2 Å². The van der Waals surface area contributed by atoms with Gasteiger partial charge >= 0.3 is 0 Å². The highest BCUT2D eigenvalue weighted by Crippen LogP contribution is 1.99. The van der Waals surface area contributed by atoms with Crippen LogP contribution in [0.1, 0.15) is 17.3 Å². The zero-order valence-electron chi connectivity index (χ0n) is 9.28. The molecule has 0 saturated heterocycles.